The molecular formula is C20H16BrFN2O6. The summed E-state index contributed by atoms with van der Waals surface area (Å²) in [6.07, 6.45) is 1.38. The van der Waals surface area contributed by atoms with Crippen LogP contribution in [-0.4, -0.2) is 41.6 Å². The highest BCUT2D eigenvalue weighted by atomic mass is 79.9. The SMILES string of the molecule is COc1cc(/C=C2/NC(=O)N(CC(=O)O)C2=O)cc(Br)c1OCc1ccccc1F. The molecule has 0 spiro atoms. The Kier molecular flexibility index (Phi) is 6.36. The second kappa shape index (κ2) is 8.95. The summed E-state index contributed by atoms with van der Waals surface area (Å²) in [6, 6.07) is 8.58. The Morgan fingerprint density at radius 2 is 2.03 bits per heavy atom. The number of aliphatic carboxylic acids is 1. The van der Waals surface area contributed by atoms with Crippen molar-refractivity contribution in [3.63, 3.8) is 0 Å². The number of amides is 3. The lowest BCUT2D eigenvalue weighted by atomic mass is 10.1. The molecule has 0 unspecified atom stereocenters. The third-order valence-corrected chi connectivity index (χ3v) is 4.74. The zero-order chi connectivity index (χ0) is 21.8. The van der Waals surface area contributed by atoms with Gasteiger partial charge in [-0.15, -0.1) is 0 Å². The van der Waals surface area contributed by atoms with Crippen LogP contribution >= 0.6 is 15.9 Å². The van der Waals surface area contributed by atoms with Crippen molar-refractivity contribution in [2.24, 2.45) is 0 Å². The second-order valence-electron chi connectivity index (χ2n) is 6.19. The monoisotopic (exact) mass is 478 g/mol. The number of halogens is 2. The molecule has 1 aliphatic rings. The second-order valence-corrected chi connectivity index (χ2v) is 7.04. The van der Waals surface area contributed by atoms with Crippen LogP contribution in [-0.2, 0) is 16.2 Å². The smallest absolute Gasteiger partial charge is 0.329 e. The minimum atomic E-state index is -1.31. The number of carboxylic acid groups (broad SMARTS) is 1. The number of ether oxygens (including phenoxy) is 2. The molecule has 0 radical (unpaired) electrons. The fraction of sp³-hybridized carbons (Fsp3) is 0.150. The van der Waals surface area contributed by atoms with E-state index in [1.165, 1.54) is 19.3 Å². The summed E-state index contributed by atoms with van der Waals surface area (Å²) in [6.45, 7) is -0.765. The van der Waals surface area contributed by atoms with Crippen LogP contribution in [0.25, 0.3) is 6.08 Å². The number of nitrogens with zero attached hydrogens (tertiary/aromatic N) is 1. The number of imide groups is 1. The van der Waals surface area contributed by atoms with Gasteiger partial charge in [-0.05, 0) is 45.8 Å². The number of urea groups is 1. The molecule has 1 heterocycles. The van der Waals surface area contributed by atoms with Crippen LogP contribution in [0.2, 0.25) is 0 Å². The van der Waals surface area contributed by atoms with Crippen LogP contribution in [0.4, 0.5) is 9.18 Å². The van der Waals surface area contributed by atoms with Crippen LogP contribution in [0.1, 0.15) is 11.1 Å². The van der Waals surface area contributed by atoms with Crippen molar-refractivity contribution in [3.05, 3.63) is 63.5 Å². The van der Waals surface area contributed by atoms with Crippen LogP contribution in [0, 0.1) is 5.82 Å². The lowest BCUT2D eigenvalue weighted by Gasteiger charge is -2.14. The third-order valence-electron chi connectivity index (χ3n) is 4.15. The summed E-state index contributed by atoms with van der Waals surface area (Å²) in [5.41, 5.74) is 0.781. The van der Waals surface area contributed by atoms with E-state index < -0.39 is 30.3 Å². The van der Waals surface area contributed by atoms with E-state index in [2.05, 4.69) is 21.2 Å². The zero-order valence-electron chi connectivity index (χ0n) is 15.6. The number of rotatable bonds is 7. The van der Waals surface area contributed by atoms with Crippen LogP contribution < -0.4 is 14.8 Å². The summed E-state index contributed by atoms with van der Waals surface area (Å²) in [5, 5.41) is 11.2. The maximum Gasteiger partial charge on any atom is 0.329 e. The van der Waals surface area contributed by atoms with Crippen molar-refractivity contribution in [2.45, 2.75) is 6.61 Å². The van der Waals surface area contributed by atoms with Crippen LogP contribution in [0.3, 0.4) is 0 Å². The van der Waals surface area contributed by atoms with Crippen molar-refractivity contribution in [1.82, 2.24) is 10.2 Å². The van der Waals surface area contributed by atoms with Gasteiger partial charge < -0.3 is 19.9 Å². The standard InChI is InChI=1S/C20H16BrFN2O6/c1-29-16-8-11(7-15-19(27)24(9-17(25)26)20(28)23-15)6-13(21)18(16)30-10-12-4-2-3-5-14(12)22/h2-8H,9-10H2,1H3,(H,23,28)(H,25,26)/b15-7+. The van der Waals surface area contributed by atoms with Crippen molar-refractivity contribution in [3.8, 4) is 11.5 Å². The topological polar surface area (TPSA) is 105 Å². The van der Waals surface area contributed by atoms with Gasteiger partial charge in [-0.1, -0.05) is 18.2 Å². The minimum Gasteiger partial charge on any atom is -0.493 e. The van der Waals surface area contributed by atoms with Gasteiger partial charge in [0.1, 0.15) is 24.7 Å². The van der Waals surface area contributed by atoms with Gasteiger partial charge in [0.25, 0.3) is 5.91 Å². The summed E-state index contributed by atoms with van der Waals surface area (Å²) >= 11 is 3.36. The first-order chi connectivity index (χ1) is 14.3. The molecule has 0 bridgehead atoms. The Balaban J connectivity index is 1.84. The number of nitrogens with one attached hydrogen (secondary N) is 1. The van der Waals surface area contributed by atoms with Crippen LogP contribution in [0.15, 0.2) is 46.6 Å². The maximum absolute atomic E-state index is 13.8. The molecule has 1 fully saturated rings. The van der Waals surface area contributed by atoms with Gasteiger partial charge in [-0.25, -0.2) is 14.1 Å². The first-order valence-corrected chi connectivity index (χ1v) is 9.39. The van der Waals surface area contributed by atoms with Gasteiger partial charge >= 0.3 is 12.0 Å². The molecule has 0 aliphatic carbocycles. The van der Waals surface area contributed by atoms with Crippen molar-refractivity contribution in [2.75, 3.05) is 13.7 Å². The predicted octanol–water partition coefficient (Wildman–Crippen LogP) is 3.15. The number of carbonyl (C=O) groups is 3. The number of methoxy groups -OCH3 is 1. The van der Waals surface area contributed by atoms with Gasteiger partial charge in [-0.2, -0.15) is 0 Å². The highest BCUT2D eigenvalue weighted by molar-refractivity contribution is 9.10. The number of carboxylic acids is 1. The fourth-order valence-corrected chi connectivity index (χ4v) is 3.32. The molecule has 1 aliphatic heterocycles. The Morgan fingerprint density at radius 1 is 1.30 bits per heavy atom. The summed E-state index contributed by atoms with van der Waals surface area (Å²) in [7, 11) is 1.42. The van der Waals surface area contributed by atoms with E-state index in [1.54, 1.807) is 30.3 Å². The Labute approximate surface area is 179 Å². The molecule has 30 heavy (non-hydrogen) atoms. The Hall–Kier alpha value is -3.40. The van der Waals surface area contributed by atoms with Gasteiger partial charge in [0.05, 0.1) is 11.6 Å². The number of carbonyl (C=O) groups excluding carboxylic acids is 2. The largest absolute Gasteiger partial charge is 0.493 e. The highest BCUT2D eigenvalue weighted by Gasteiger charge is 2.34. The summed E-state index contributed by atoms with van der Waals surface area (Å²) < 4.78 is 25.3. The highest BCUT2D eigenvalue weighted by Crippen LogP contribution is 2.38. The molecule has 2 N–H and O–H groups in total. The molecule has 10 heteroatoms. The lowest BCUT2D eigenvalue weighted by molar-refractivity contribution is -0.140. The summed E-state index contributed by atoms with van der Waals surface area (Å²) in [4.78, 5) is 35.5. The van der Waals surface area contributed by atoms with Crippen molar-refractivity contribution >= 4 is 39.9 Å². The van der Waals surface area contributed by atoms with Crippen molar-refractivity contribution < 1.29 is 33.4 Å². The number of hydrogen-bond acceptors (Lipinski definition) is 5. The molecule has 156 valence electrons. The van der Waals surface area contributed by atoms with Gasteiger partial charge in [0.15, 0.2) is 11.5 Å². The normalized spacial score (nSPS) is 14.8. The average Bonchev–Trinajstić information content (AvgIpc) is 2.95. The molecule has 8 nitrogen and oxygen atoms in total. The van der Waals surface area contributed by atoms with Gasteiger partial charge in [0, 0.05) is 5.56 Å². The minimum absolute atomic E-state index is 0.0270. The molecule has 3 amide bonds. The van der Waals surface area contributed by atoms with E-state index in [0.717, 1.165) is 0 Å². The molecule has 0 saturated carbocycles. The Morgan fingerprint density at radius 3 is 2.70 bits per heavy atom. The first kappa shape index (κ1) is 21.3. The quantitative estimate of drug-likeness (QED) is 0.467. The molecule has 0 atom stereocenters. The molecule has 2 aromatic rings. The van der Waals surface area contributed by atoms with Crippen LogP contribution in [0.5, 0.6) is 11.5 Å². The van der Waals surface area contributed by atoms with Crippen molar-refractivity contribution in [1.29, 1.82) is 0 Å². The predicted molar refractivity (Wildman–Crippen MR) is 107 cm³/mol. The van der Waals surface area contributed by atoms with E-state index in [1.807, 2.05) is 0 Å². The molecular weight excluding hydrogens is 463 g/mol. The maximum atomic E-state index is 13.8. The Bertz CT molecular complexity index is 1060. The lowest BCUT2D eigenvalue weighted by Crippen LogP contribution is -2.35. The van der Waals surface area contributed by atoms with E-state index in [4.69, 9.17) is 14.6 Å². The first-order valence-electron chi connectivity index (χ1n) is 8.60. The molecule has 2 aromatic carbocycles. The average molecular weight is 479 g/mol. The van der Waals surface area contributed by atoms with E-state index in [-0.39, 0.29) is 12.3 Å². The molecule has 3 rings (SSSR count). The number of hydrogen-bond donors (Lipinski definition) is 2. The molecule has 0 aromatic heterocycles. The number of benzene rings is 2. The zero-order valence-corrected chi connectivity index (χ0v) is 17.2. The van der Waals surface area contributed by atoms with E-state index in [0.29, 0.717) is 32.0 Å². The van der Waals surface area contributed by atoms with Gasteiger partial charge in [-0.3, -0.25) is 9.59 Å². The summed E-state index contributed by atoms with van der Waals surface area (Å²) in [5.74, 6) is -1.81. The fourth-order valence-electron chi connectivity index (χ4n) is 2.75. The molecule has 1 saturated heterocycles. The van der Waals surface area contributed by atoms with E-state index >= 15 is 0 Å². The third kappa shape index (κ3) is 4.60. The van der Waals surface area contributed by atoms with E-state index in [9.17, 15) is 18.8 Å². The van der Waals surface area contributed by atoms with Gasteiger partial charge in [0.2, 0.25) is 0 Å².